The Morgan fingerprint density at radius 1 is 1.12 bits per heavy atom. The summed E-state index contributed by atoms with van der Waals surface area (Å²) in [6.45, 7) is 2.44. The van der Waals surface area contributed by atoms with E-state index in [0.717, 1.165) is 16.7 Å². The number of hydrogen-bond donors (Lipinski definition) is 3. The van der Waals surface area contributed by atoms with E-state index in [0.29, 0.717) is 21.6 Å². The highest BCUT2D eigenvalue weighted by atomic mass is 35.5. The van der Waals surface area contributed by atoms with Crippen molar-refractivity contribution in [2.75, 3.05) is 11.1 Å². The third-order valence-corrected chi connectivity index (χ3v) is 5.36. The lowest BCUT2D eigenvalue weighted by Gasteiger charge is -2.23. The zero-order chi connectivity index (χ0) is 22.7. The second-order valence-corrected chi connectivity index (χ2v) is 7.82. The number of halogens is 2. The normalized spacial score (nSPS) is 10.5. The predicted molar refractivity (Wildman–Crippen MR) is 131 cm³/mol. The molecule has 2 aromatic carbocycles. The van der Waals surface area contributed by atoms with Gasteiger partial charge in [-0.15, -0.1) is 12.4 Å². The lowest BCUT2D eigenvalue weighted by atomic mass is 10.1. The molecule has 0 radical (unpaired) electrons. The standard InChI is InChI=1S/C23H21ClN6O2.ClH/c1-14-9-17(24)8-7-16(14)13-30(12-15-5-3-2-4-6-15)23(32)22(31)28-19-11-26-21(25)18-10-27-29-20(18)19;/h2-11H,12-13H2,1H3,(H2,25,26)(H,27,29)(H,28,31);1H. The molecule has 10 heteroatoms. The van der Waals surface area contributed by atoms with E-state index in [9.17, 15) is 9.59 Å². The number of H-pyrrole nitrogens is 1. The van der Waals surface area contributed by atoms with E-state index < -0.39 is 11.8 Å². The summed E-state index contributed by atoms with van der Waals surface area (Å²) in [6.07, 6.45) is 2.91. The maximum Gasteiger partial charge on any atom is 0.314 e. The monoisotopic (exact) mass is 484 g/mol. The molecule has 0 fully saturated rings. The van der Waals surface area contributed by atoms with Gasteiger partial charge in [-0.25, -0.2) is 4.98 Å². The molecule has 8 nitrogen and oxygen atoms in total. The Morgan fingerprint density at radius 2 is 1.88 bits per heavy atom. The highest BCUT2D eigenvalue weighted by Gasteiger charge is 2.24. The zero-order valence-electron chi connectivity index (χ0n) is 17.7. The molecule has 0 aliphatic heterocycles. The van der Waals surface area contributed by atoms with Crippen LogP contribution in [0.1, 0.15) is 16.7 Å². The molecule has 0 saturated carbocycles. The fourth-order valence-electron chi connectivity index (χ4n) is 3.41. The average Bonchev–Trinajstić information content (AvgIpc) is 3.28. The Hall–Kier alpha value is -3.62. The quantitative estimate of drug-likeness (QED) is 0.368. The van der Waals surface area contributed by atoms with Gasteiger partial charge >= 0.3 is 11.8 Å². The molecule has 0 aliphatic rings. The molecule has 2 heterocycles. The van der Waals surface area contributed by atoms with Crippen LogP contribution < -0.4 is 11.1 Å². The molecule has 0 saturated heterocycles. The summed E-state index contributed by atoms with van der Waals surface area (Å²) in [6, 6.07) is 15.0. The first-order valence-electron chi connectivity index (χ1n) is 9.89. The lowest BCUT2D eigenvalue weighted by Crippen LogP contribution is -2.39. The second kappa shape index (κ2) is 10.3. The summed E-state index contributed by atoms with van der Waals surface area (Å²) in [5.74, 6) is -1.18. The van der Waals surface area contributed by atoms with Gasteiger partial charge in [0.2, 0.25) is 0 Å². The van der Waals surface area contributed by atoms with Crippen LogP contribution in [0.2, 0.25) is 5.02 Å². The molecule has 0 atom stereocenters. The Bertz CT molecular complexity index is 1290. The number of nitrogens with zero attached hydrogens (tertiary/aromatic N) is 3. The van der Waals surface area contributed by atoms with Gasteiger partial charge in [0.1, 0.15) is 5.82 Å². The predicted octanol–water partition coefficient (Wildman–Crippen LogP) is 4.09. The minimum atomic E-state index is -0.782. The SMILES string of the molecule is Cc1cc(Cl)ccc1CN(Cc1ccccc1)C(=O)C(=O)Nc1cnc(N)c2cn[nH]c12.Cl. The van der Waals surface area contributed by atoms with Crippen LogP contribution in [0.25, 0.3) is 10.9 Å². The topological polar surface area (TPSA) is 117 Å². The Labute approximate surface area is 201 Å². The van der Waals surface area contributed by atoms with Crippen LogP contribution in [0.3, 0.4) is 0 Å². The molecular formula is C23H22Cl2N6O2. The first-order valence-corrected chi connectivity index (χ1v) is 10.3. The van der Waals surface area contributed by atoms with E-state index >= 15 is 0 Å². The van der Waals surface area contributed by atoms with Crippen LogP contribution in [-0.4, -0.2) is 31.9 Å². The largest absolute Gasteiger partial charge is 0.383 e. The summed E-state index contributed by atoms with van der Waals surface area (Å²) in [4.78, 5) is 31.7. The third-order valence-electron chi connectivity index (χ3n) is 5.13. The average molecular weight is 485 g/mol. The van der Waals surface area contributed by atoms with Crippen molar-refractivity contribution in [1.29, 1.82) is 0 Å². The molecule has 33 heavy (non-hydrogen) atoms. The summed E-state index contributed by atoms with van der Waals surface area (Å²) in [5, 5.41) is 10.5. The highest BCUT2D eigenvalue weighted by molar-refractivity contribution is 6.40. The summed E-state index contributed by atoms with van der Waals surface area (Å²) < 4.78 is 0. The van der Waals surface area contributed by atoms with Gasteiger partial charge in [0, 0.05) is 18.1 Å². The van der Waals surface area contributed by atoms with Crippen LogP contribution >= 0.6 is 24.0 Å². The molecule has 2 amide bonds. The van der Waals surface area contributed by atoms with Gasteiger partial charge in [-0.05, 0) is 35.7 Å². The lowest BCUT2D eigenvalue weighted by molar-refractivity contribution is -0.144. The third kappa shape index (κ3) is 5.42. The minimum Gasteiger partial charge on any atom is -0.383 e. The maximum absolute atomic E-state index is 13.2. The number of carbonyl (C=O) groups is 2. The smallest absolute Gasteiger partial charge is 0.314 e. The van der Waals surface area contributed by atoms with Crippen molar-refractivity contribution in [1.82, 2.24) is 20.1 Å². The molecule has 2 aromatic heterocycles. The van der Waals surface area contributed by atoms with Crippen molar-refractivity contribution in [2.24, 2.45) is 0 Å². The Morgan fingerprint density at radius 3 is 2.61 bits per heavy atom. The van der Waals surface area contributed by atoms with Crippen LogP contribution in [0.5, 0.6) is 0 Å². The zero-order valence-corrected chi connectivity index (χ0v) is 19.3. The van der Waals surface area contributed by atoms with Gasteiger partial charge in [-0.1, -0.05) is 48.0 Å². The number of aromatic nitrogens is 3. The van der Waals surface area contributed by atoms with E-state index in [2.05, 4.69) is 20.5 Å². The van der Waals surface area contributed by atoms with E-state index in [1.54, 1.807) is 6.07 Å². The number of hydrogen-bond acceptors (Lipinski definition) is 5. The second-order valence-electron chi connectivity index (χ2n) is 7.39. The Balaban J connectivity index is 0.00000306. The van der Waals surface area contributed by atoms with E-state index in [4.69, 9.17) is 17.3 Å². The summed E-state index contributed by atoms with van der Waals surface area (Å²) in [5.41, 5.74) is 9.41. The van der Waals surface area contributed by atoms with Gasteiger partial charge in [-0.2, -0.15) is 5.10 Å². The molecule has 4 aromatic rings. The van der Waals surface area contributed by atoms with Crippen molar-refractivity contribution in [3.8, 4) is 0 Å². The molecule has 4 rings (SSSR count). The number of rotatable bonds is 5. The molecule has 0 aliphatic carbocycles. The number of aryl methyl sites for hydroxylation is 1. The number of nitrogens with two attached hydrogens (primary N) is 1. The molecule has 0 spiro atoms. The maximum atomic E-state index is 13.2. The number of amides is 2. The van der Waals surface area contributed by atoms with E-state index in [1.165, 1.54) is 17.3 Å². The first-order chi connectivity index (χ1) is 15.4. The highest BCUT2D eigenvalue weighted by Crippen LogP contribution is 2.24. The number of fused-ring (bicyclic) bond motifs is 1. The van der Waals surface area contributed by atoms with Crippen molar-refractivity contribution in [2.45, 2.75) is 20.0 Å². The molecule has 4 N–H and O–H groups in total. The van der Waals surface area contributed by atoms with Crippen molar-refractivity contribution < 1.29 is 9.59 Å². The Kier molecular flexibility index (Phi) is 7.52. The fourth-order valence-corrected chi connectivity index (χ4v) is 3.64. The molecule has 0 bridgehead atoms. The van der Waals surface area contributed by atoms with E-state index in [1.807, 2.05) is 49.4 Å². The van der Waals surface area contributed by atoms with Gasteiger partial charge < -0.3 is 16.0 Å². The molecule has 170 valence electrons. The number of carbonyl (C=O) groups excluding carboxylic acids is 2. The number of benzene rings is 2. The number of pyridine rings is 1. The van der Waals surface area contributed by atoms with Crippen molar-refractivity contribution >= 4 is 58.2 Å². The van der Waals surface area contributed by atoms with Gasteiger partial charge in [0.05, 0.1) is 29.0 Å². The van der Waals surface area contributed by atoms with Crippen LogP contribution in [0.4, 0.5) is 11.5 Å². The van der Waals surface area contributed by atoms with Crippen molar-refractivity contribution in [3.63, 3.8) is 0 Å². The number of anilines is 2. The van der Waals surface area contributed by atoms with Crippen molar-refractivity contribution in [3.05, 3.63) is 82.6 Å². The number of nitrogen functional groups attached to an aromatic ring is 1. The van der Waals surface area contributed by atoms with E-state index in [-0.39, 0.29) is 31.3 Å². The summed E-state index contributed by atoms with van der Waals surface area (Å²) in [7, 11) is 0. The van der Waals surface area contributed by atoms with Gasteiger partial charge in [0.15, 0.2) is 0 Å². The van der Waals surface area contributed by atoms with Crippen LogP contribution in [0.15, 0.2) is 60.9 Å². The summed E-state index contributed by atoms with van der Waals surface area (Å²) >= 11 is 6.07. The van der Waals surface area contributed by atoms with Gasteiger partial charge in [0.25, 0.3) is 0 Å². The number of nitrogens with one attached hydrogen (secondary N) is 2. The first kappa shape index (κ1) is 24.0. The van der Waals surface area contributed by atoms with Crippen LogP contribution in [0, 0.1) is 6.92 Å². The van der Waals surface area contributed by atoms with Crippen LogP contribution in [-0.2, 0) is 22.7 Å². The number of aromatic amines is 1. The molecule has 0 unspecified atom stereocenters. The minimum absolute atomic E-state index is 0. The van der Waals surface area contributed by atoms with Gasteiger partial charge in [-0.3, -0.25) is 14.7 Å². The fraction of sp³-hybridized carbons (Fsp3) is 0.130. The molecular weight excluding hydrogens is 463 g/mol.